The topological polar surface area (TPSA) is 17.1 Å². The van der Waals surface area contributed by atoms with Crippen LogP contribution in [0.2, 0.25) is 5.02 Å². The Morgan fingerprint density at radius 3 is 2.67 bits per heavy atom. The molecule has 0 atom stereocenters. The predicted octanol–water partition coefficient (Wildman–Crippen LogP) is 5.83. The van der Waals surface area contributed by atoms with Crippen molar-refractivity contribution in [3.8, 4) is 0 Å². The monoisotopic (exact) mass is 386 g/mol. The Morgan fingerprint density at radius 2 is 1.90 bits per heavy atom. The lowest BCUT2D eigenvalue weighted by Crippen LogP contribution is -2.02. The maximum absolute atomic E-state index is 14.1. The number of halogens is 4. The first kappa shape index (κ1) is 14.6. The normalized spacial score (nSPS) is 11.0. The lowest BCUT2D eigenvalue weighted by Gasteiger charge is -2.03. The maximum atomic E-state index is 14.1. The van der Waals surface area contributed by atoms with Gasteiger partial charge >= 0.3 is 0 Å². The minimum atomic E-state index is -0.764. The molecular formula is C15H6BrClF2OS. The minimum absolute atomic E-state index is 0.102. The third-order valence-corrected chi connectivity index (χ3v) is 5.36. The summed E-state index contributed by atoms with van der Waals surface area (Å²) in [6.45, 7) is 0. The Kier molecular flexibility index (Phi) is 3.82. The summed E-state index contributed by atoms with van der Waals surface area (Å²) in [5.74, 6) is -1.61. The van der Waals surface area contributed by atoms with Crippen molar-refractivity contribution in [2.45, 2.75) is 0 Å². The summed E-state index contributed by atoms with van der Waals surface area (Å²) < 4.78 is 28.4. The average Bonchev–Trinajstić information content (AvgIpc) is 2.87. The predicted molar refractivity (Wildman–Crippen MR) is 84.3 cm³/mol. The van der Waals surface area contributed by atoms with Crippen LogP contribution in [0.25, 0.3) is 10.1 Å². The molecule has 0 radical (unpaired) electrons. The molecule has 1 nitrogen and oxygen atoms in total. The molecule has 0 amide bonds. The highest BCUT2D eigenvalue weighted by atomic mass is 79.9. The molecule has 0 aliphatic carbocycles. The van der Waals surface area contributed by atoms with Gasteiger partial charge < -0.3 is 0 Å². The fourth-order valence-corrected chi connectivity index (χ4v) is 3.43. The number of hydrogen-bond donors (Lipinski definition) is 0. The highest BCUT2D eigenvalue weighted by Crippen LogP contribution is 2.32. The highest BCUT2D eigenvalue weighted by Gasteiger charge is 2.20. The van der Waals surface area contributed by atoms with E-state index in [1.54, 1.807) is 12.1 Å². The van der Waals surface area contributed by atoms with E-state index >= 15 is 0 Å². The second-order valence-electron chi connectivity index (χ2n) is 4.34. The van der Waals surface area contributed by atoms with Crippen molar-refractivity contribution in [1.29, 1.82) is 0 Å². The largest absolute Gasteiger partial charge is 0.288 e. The Bertz CT molecular complexity index is 875. The molecule has 0 bridgehead atoms. The molecule has 0 unspecified atom stereocenters. The van der Waals surface area contributed by atoms with Crippen molar-refractivity contribution >= 4 is 54.7 Å². The van der Waals surface area contributed by atoms with E-state index in [1.165, 1.54) is 35.6 Å². The Morgan fingerprint density at radius 1 is 1.14 bits per heavy atom. The molecule has 0 N–H and O–H groups in total. The maximum Gasteiger partial charge on any atom is 0.205 e. The smallest absolute Gasteiger partial charge is 0.205 e. The molecule has 1 aromatic heterocycles. The zero-order valence-electron chi connectivity index (χ0n) is 10.3. The van der Waals surface area contributed by atoms with Crippen molar-refractivity contribution in [3.05, 3.63) is 68.0 Å². The van der Waals surface area contributed by atoms with Gasteiger partial charge in [0, 0.05) is 9.17 Å². The molecule has 3 rings (SSSR count). The molecule has 0 fully saturated rings. The number of benzene rings is 2. The van der Waals surface area contributed by atoms with Gasteiger partial charge in [0.05, 0.1) is 15.5 Å². The molecule has 0 saturated heterocycles. The van der Waals surface area contributed by atoms with Crippen molar-refractivity contribution in [1.82, 2.24) is 0 Å². The van der Waals surface area contributed by atoms with Crippen molar-refractivity contribution in [2.24, 2.45) is 0 Å². The molecular weight excluding hydrogens is 382 g/mol. The van der Waals surface area contributed by atoms with Gasteiger partial charge in [-0.05, 0) is 57.7 Å². The first-order chi connectivity index (χ1) is 9.97. The van der Waals surface area contributed by atoms with Gasteiger partial charge in [-0.15, -0.1) is 11.3 Å². The highest BCUT2D eigenvalue weighted by molar-refractivity contribution is 9.10. The van der Waals surface area contributed by atoms with Crippen LogP contribution in [0.15, 0.2) is 40.9 Å². The Labute approximate surface area is 136 Å². The molecule has 0 saturated carbocycles. The summed E-state index contributed by atoms with van der Waals surface area (Å²) >= 11 is 10.1. The fourth-order valence-electron chi connectivity index (χ4n) is 1.96. The Balaban J connectivity index is 2.10. The number of carbonyl (C=O) groups excluding carboxylic acids is 1. The van der Waals surface area contributed by atoms with E-state index in [2.05, 4.69) is 15.9 Å². The van der Waals surface area contributed by atoms with Crippen molar-refractivity contribution in [2.75, 3.05) is 0 Å². The van der Waals surface area contributed by atoms with Crippen LogP contribution in [-0.2, 0) is 0 Å². The lowest BCUT2D eigenvalue weighted by molar-refractivity contribution is 0.103. The van der Waals surface area contributed by atoms with Crippen LogP contribution in [0, 0.1) is 11.6 Å². The molecule has 3 aromatic rings. The van der Waals surface area contributed by atoms with Crippen LogP contribution >= 0.6 is 38.9 Å². The van der Waals surface area contributed by atoms with Gasteiger partial charge in [0.1, 0.15) is 5.82 Å². The standard InChI is InChI=1S/C15H6BrClF2OS/c16-10-3-2-9(14(19)13(10)17)15(20)12-6-7-5-8(18)1-4-11(7)21-12/h1-6H. The van der Waals surface area contributed by atoms with Gasteiger partial charge in [-0.2, -0.15) is 0 Å². The van der Waals surface area contributed by atoms with Gasteiger partial charge in [0.2, 0.25) is 5.78 Å². The fraction of sp³-hybridized carbons (Fsp3) is 0. The van der Waals surface area contributed by atoms with E-state index < -0.39 is 11.6 Å². The van der Waals surface area contributed by atoms with Crippen LogP contribution in [0.4, 0.5) is 8.78 Å². The van der Waals surface area contributed by atoms with Crippen LogP contribution in [0.1, 0.15) is 15.2 Å². The molecule has 0 aliphatic heterocycles. The van der Waals surface area contributed by atoms with Crippen LogP contribution in [0.5, 0.6) is 0 Å². The van der Waals surface area contributed by atoms with Gasteiger partial charge in [0.15, 0.2) is 5.82 Å². The molecule has 1 heterocycles. The first-order valence-electron chi connectivity index (χ1n) is 5.84. The second-order valence-corrected chi connectivity index (χ2v) is 6.66. The number of carbonyl (C=O) groups is 1. The molecule has 2 aromatic carbocycles. The van der Waals surface area contributed by atoms with Crippen molar-refractivity contribution in [3.63, 3.8) is 0 Å². The zero-order valence-corrected chi connectivity index (χ0v) is 13.5. The first-order valence-corrected chi connectivity index (χ1v) is 7.83. The summed E-state index contributed by atoms with van der Waals surface area (Å²) in [4.78, 5) is 12.7. The van der Waals surface area contributed by atoms with E-state index in [0.717, 1.165) is 4.70 Å². The van der Waals surface area contributed by atoms with E-state index in [0.29, 0.717) is 14.7 Å². The third kappa shape index (κ3) is 2.61. The number of hydrogen-bond acceptors (Lipinski definition) is 2. The molecule has 6 heteroatoms. The number of fused-ring (bicyclic) bond motifs is 1. The summed E-state index contributed by atoms with van der Waals surface area (Å²) in [5, 5.41) is 0.486. The number of thiophene rings is 1. The summed E-state index contributed by atoms with van der Waals surface area (Å²) in [5.41, 5.74) is -0.102. The average molecular weight is 388 g/mol. The molecule has 21 heavy (non-hydrogen) atoms. The van der Waals surface area contributed by atoms with Gasteiger partial charge in [-0.25, -0.2) is 8.78 Å². The molecule has 106 valence electrons. The summed E-state index contributed by atoms with van der Waals surface area (Å²) in [7, 11) is 0. The van der Waals surface area contributed by atoms with E-state index in [-0.39, 0.29) is 16.4 Å². The summed E-state index contributed by atoms with van der Waals surface area (Å²) in [6, 6.07) is 8.71. The van der Waals surface area contributed by atoms with Gasteiger partial charge in [-0.3, -0.25) is 4.79 Å². The van der Waals surface area contributed by atoms with E-state index in [1.807, 2.05) is 0 Å². The minimum Gasteiger partial charge on any atom is -0.288 e. The van der Waals surface area contributed by atoms with Crippen LogP contribution in [-0.4, -0.2) is 5.78 Å². The van der Waals surface area contributed by atoms with Crippen molar-refractivity contribution < 1.29 is 13.6 Å². The lowest BCUT2D eigenvalue weighted by atomic mass is 10.1. The number of rotatable bonds is 2. The van der Waals surface area contributed by atoms with Gasteiger partial charge in [-0.1, -0.05) is 11.6 Å². The Hall–Kier alpha value is -1.30. The molecule has 0 aliphatic rings. The molecule has 0 spiro atoms. The van der Waals surface area contributed by atoms with E-state index in [4.69, 9.17) is 11.6 Å². The SMILES string of the molecule is O=C(c1cc2cc(F)ccc2s1)c1ccc(Br)c(Cl)c1F. The second kappa shape index (κ2) is 5.48. The quantitative estimate of drug-likeness (QED) is 0.399. The van der Waals surface area contributed by atoms with Crippen LogP contribution < -0.4 is 0 Å². The van der Waals surface area contributed by atoms with Gasteiger partial charge in [0.25, 0.3) is 0 Å². The van der Waals surface area contributed by atoms with E-state index in [9.17, 15) is 13.6 Å². The zero-order chi connectivity index (χ0) is 15.1. The number of ketones is 1. The van der Waals surface area contributed by atoms with Crippen LogP contribution in [0.3, 0.4) is 0 Å². The summed E-state index contributed by atoms with van der Waals surface area (Å²) in [6.07, 6.45) is 0. The third-order valence-electron chi connectivity index (χ3n) is 2.98.